The lowest BCUT2D eigenvalue weighted by Gasteiger charge is -2.16. The van der Waals surface area contributed by atoms with E-state index in [1.807, 2.05) is 0 Å². The molecule has 0 unspecified atom stereocenters. The highest BCUT2D eigenvalue weighted by atomic mass is 16.5. The Labute approximate surface area is 64.6 Å². The predicted molar refractivity (Wildman–Crippen MR) is 39.7 cm³/mol. The van der Waals surface area contributed by atoms with Gasteiger partial charge in [-0.15, -0.1) is 0 Å². The Morgan fingerprint density at radius 3 is 3.18 bits per heavy atom. The second kappa shape index (κ2) is 2.42. The van der Waals surface area contributed by atoms with Crippen LogP contribution in [0.15, 0.2) is 12.4 Å². The molecule has 0 aliphatic carbocycles. The molecular weight excluding hydrogens is 142 g/mol. The fraction of sp³-hybridized carbons (Fsp3) is 0.375. The minimum Gasteiger partial charge on any atom is -0.506 e. The van der Waals surface area contributed by atoms with Crippen LogP contribution < -0.4 is 4.74 Å². The SMILES string of the molecule is Oc1cncc2c1CCCO2. The largest absolute Gasteiger partial charge is 0.506 e. The van der Waals surface area contributed by atoms with Gasteiger partial charge in [-0.3, -0.25) is 4.98 Å². The molecule has 0 spiro atoms. The van der Waals surface area contributed by atoms with E-state index in [9.17, 15) is 5.11 Å². The van der Waals surface area contributed by atoms with E-state index < -0.39 is 0 Å². The van der Waals surface area contributed by atoms with Gasteiger partial charge in [0.15, 0.2) is 0 Å². The number of hydrogen-bond acceptors (Lipinski definition) is 3. The second-order valence-corrected chi connectivity index (χ2v) is 2.59. The highest BCUT2D eigenvalue weighted by Gasteiger charge is 2.13. The van der Waals surface area contributed by atoms with Crippen molar-refractivity contribution in [1.29, 1.82) is 0 Å². The average Bonchev–Trinajstić information content (AvgIpc) is 2.06. The Hall–Kier alpha value is -1.25. The molecule has 1 N–H and O–H groups in total. The van der Waals surface area contributed by atoms with Gasteiger partial charge in [0.25, 0.3) is 0 Å². The van der Waals surface area contributed by atoms with Crippen molar-refractivity contribution in [3.63, 3.8) is 0 Å². The van der Waals surface area contributed by atoms with E-state index in [1.54, 1.807) is 6.20 Å². The van der Waals surface area contributed by atoms with Gasteiger partial charge in [0.1, 0.15) is 11.5 Å². The van der Waals surface area contributed by atoms with Crippen LogP contribution in [0.1, 0.15) is 12.0 Å². The first-order chi connectivity index (χ1) is 5.38. The molecule has 2 heterocycles. The molecule has 0 bridgehead atoms. The van der Waals surface area contributed by atoms with E-state index in [0.717, 1.165) is 30.8 Å². The van der Waals surface area contributed by atoms with Crippen molar-refractivity contribution in [2.45, 2.75) is 12.8 Å². The highest BCUT2D eigenvalue weighted by Crippen LogP contribution is 2.30. The fourth-order valence-electron chi connectivity index (χ4n) is 1.26. The lowest BCUT2D eigenvalue weighted by atomic mass is 10.1. The van der Waals surface area contributed by atoms with Crippen LogP contribution in [0.3, 0.4) is 0 Å². The first kappa shape index (κ1) is 6.46. The number of nitrogens with zero attached hydrogens (tertiary/aromatic N) is 1. The summed E-state index contributed by atoms with van der Waals surface area (Å²) in [7, 11) is 0. The molecule has 1 aromatic heterocycles. The number of fused-ring (bicyclic) bond motifs is 1. The third-order valence-electron chi connectivity index (χ3n) is 1.82. The molecule has 0 saturated carbocycles. The second-order valence-electron chi connectivity index (χ2n) is 2.59. The zero-order valence-corrected chi connectivity index (χ0v) is 6.08. The van der Waals surface area contributed by atoms with Crippen LogP contribution in [0.25, 0.3) is 0 Å². The average molecular weight is 151 g/mol. The lowest BCUT2D eigenvalue weighted by Crippen LogP contribution is -2.08. The summed E-state index contributed by atoms with van der Waals surface area (Å²) >= 11 is 0. The smallest absolute Gasteiger partial charge is 0.144 e. The van der Waals surface area contributed by atoms with Crippen molar-refractivity contribution < 1.29 is 9.84 Å². The predicted octanol–water partition coefficient (Wildman–Crippen LogP) is 1.11. The number of ether oxygens (including phenoxy) is 1. The van der Waals surface area contributed by atoms with Gasteiger partial charge in [0.05, 0.1) is 19.0 Å². The lowest BCUT2D eigenvalue weighted by molar-refractivity contribution is 0.282. The van der Waals surface area contributed by atoms with Gasteiger partial charge >= 0.3 is 0 Å². The Balaban J connectivity index is 2.49. The van der Waals surface area contributed by atoms with Crippen molar-refractivity contribution in [2.75, 3.05) is 6.61 Å². The molecule has 3 nitrogen and oxygen atoms in total. The molecule has 0 saturated heterocycles. The molecule has 11 heavy (non-hydrogen) atoms. The summed E-state index contributed by atoms with van der Waals surface area (Å²) in [5.74, 6) is 0.985. The number of pyridine rings is 1. The summed E-state index contributed by atoms with van der Waals surface area (Å²) in [6.07, 6.45) is 4.97. The molecule has 0 fully saturated rings. The van der Waals surface area contributed by atoms with Crippen molar-refractivity contribution >= 4 is 0 Å². The molecule has 0 radical (unpaired) electrons. The van der Waals surface area contributed by atoms with Crippen LogP contribution in [-0.2, 0) is 6.42 Å². The summed E-state index contributed by atoms with van der Waals surface area (Å²) in [5, 5.41) is 9.31. The van der Waals surface area contributed by atoms with Crippen molar-refractivity contribution in [3.05, 3.63) is 18.0 Å². The summed E-state index contributed by atoms with van der Waals surface area (Å²) in [5.41, 5.74) is 0.895. The Morgan fingerprint density at radius 1 is 1.45 bits per heavy atom. The van der Waals surface area contributed by atoms with E-state index in [1.165, 1.54) is 6.20 Å². The van der Waals surface area contributed by atoms with E-state index in [4.69, 9.17) is 4.74 Å². The monoisotopic (exact) mass is 151 g/mol. The van der Waals surface area contributed by atoms with Gasteiger partial charge < -0.3 is 9.84 Å². The first-order valence-corrected chi connectivity index (χ1v) is 3.66. The summed E-state index contributed by atoms with van der Waals surface area (Å²) in [6, 6.07) is 0. The van der Waals surface area contributed by atoms with Crippen molar-refractivity contribution in [1.82, 2.24) is 4.98 Å². The van der Waals surface area contributed by atoms with Crippen LogP contribution >= 0.6 is 0 Å². The minimum absolute atomic E-state index is 0.252. The molecule has 0 amide bonds. The quantitative estimate of drug-likeness (QED) is 0.604. The van der Waals surface area contributed by atoms with Crippen LogP contribution in [0.5, 0.6) is 11.5 Å². The number of hydrogen-bond donors (Lipinski definition) is 1. The van der Waals surface area contributed by atoms with Crippen molar-refractivity contribution in [2.24, 2.45) is 0 Å². The number of rotatable bonds is 0. The van der Waals surface area contributed by atoms with Crippen LogP contribution in [0.2, 0.25) is 0 Å². The molecule has 2 rings (SSSR count). The van der Waals surface area contributed by atoms with Gasteiger partial charge in [-0.1, -0.05) is 0 Å². The van der Waals surface area contributed by atoms with E-state index in [2.05, 4.69) is 4.98 Å². The Morgan fingerprint density at radius 2 is 2.36 bits per heavy atom. The van der Waals surface area contributed by atoms with Crippen LogP contribution in [-0.4, -0.2) is 16.7 Å². The minimum atomic E-state index is 0.252. The molecule has 1 aromatic rings. The van der Waals surface area contributed by atoms with Gasteiger partial charge in [-0.25, -0.2) is 0 Å². The zero-order chi connectivity index (χ0) is 7.68. The maximum atomic E-state index is 9.31. The first-order valence-electron chi connectivity index (χ1n) is 3.66. The third kappa shape index (κ3) is 1.02. The summed E-state index contributed by atoms with van der Waals surface area (Å²) in [6.45, 7) is 0.734. The third-order valence-corrected chi connectivity index (χ3v) is 1.82. The fourth-order valence-corrected chi connectivity index (χ4v) is 1.26. The summed E-state index contributed by atoms with van der Waals surface area (Å²) < 4.78 is 5.28. The topological polar surface area (TPSA) is 42.4 Å². The van der Waals surface area contributed by atoms with E-state index >= 15 is 0 Å². The Bertz CT molecular complexity index is 273. The molecule has 3 heteroatoms. The van der Waals surface area contributed by atoms with Gasteiger partial charge in [-0.2, -0.15) is 0 Å². The normalized spacial score (nSPS) is 15.3. The van der Waals surface area contributed by atoms with Gasteiger partial charge in [0.2, 0.25) is 0 Å². The van der Waals surface area contributed by atoms with E-state index in [0.29, 0.717) is 0 Å². The van der Waals surface area contributed by atoms with Gasteiger partial charge in [-0.05, 0) is 12.8 Å². The van der Waals surface area contributed by atoms with Crippen LogP contribution in [0, 0.1) is 0 Å². The maximum absolute atomic E-state index is 9.31. The molecule has 0 atom stereocenters. The number of aromatic hydroxyl groups is 1. The number of aromatic nitrogens is 1. The standard InChI is InChI=1S/C8H9NO2/c10-7-4-9-5-8-6(7)2-1-3-11-8/h4-5,10H,1-3H2. The van der Waals surface area contributed by atoms with Gasteiger partial charge in [0, 0.05) is 5.56 Å². The van der Waals surface area contributed by atoms with E-state index in [-0.39, 0.29) is 5.75 Å². The molecule has 0 aromatic carbocycles. The molecule has 58 valence electrons. The Kier molecular flexibility index (Phi) is 1.42. The zero-order valence-electron chi connectivity index (χ0n) is 6.08. The van der Waals surface area contributed by atoms with Crippen LogP contribution in [0.4, 0.5) is 0 Å². The molecular formula is C8H9NO2. The van der Waals surface area contributed by atoms with Crippen molar-refractivity contribution in [3.8, 4) is 11.5 Å². The molecule has 1 aliphatic rings. The summed E-state index contributed by atoms with van der Waals surface area (Å²) in [4.78, 5) is 3.82. The molecule has 1 aliphatic heterocycles. The highest BCUT2D eigenvalue weighted by molar-refractivity contribution is 5.41. The maximum Gasteiger partial charge on any atom is 0.144 e.